The van der Waals surface area contributed by atoms with Gasteiger partial charge in [-0.2, -0.15) is 0 Å². The molecule has 1 unspecified atom stereocenters. The van der Waals surface area contributed by atoms with E-state index in [1.165, 1.54) is 24.3 Å². The molecule has 26 heavy (non-hydrogen) atoms. The van der Waals surface area contributed by atoms with Gasteiger partial charge in [-0.05, 0) is 75.9 Å². The number of amides is 2. The molecular weight excluding hydrogens is 357 g/mol. The molecule has 1 spiro atoms. The third-order valence-electron chi connectivity index (χ3n) is 5.44. The number of piperidine rings is 1. The predicted molar refractivity (Wildman–Crippen MR) is 102 cm³/mol. The van der Waals surface area contributed by atoms with Gasteiger partial charge in [-0.1, -0.05) is 0 Å². The maximum absolute atomic E-state index is 12.9. The molecule has 1 saturated carbocycles. The first kappa shape index (κ1) is 20.6. The number of carbonyl (C=O) groups is 2. The molecule has 0 bridgehead atoms. The lowest BCUT2D eigenvalue weighted by Crippen LogP contribution is -2.44. The number of nitrogens with one attached hydrogen (secondary N) is 2. The van der Waals surface area contributed by atoms with Crippen LogP contribution in [0.4, 0.5) is 10.1 Å². The third kappa shape index (κ3) is 4.54. The number of hydrogen-bond acceptors (Lipinski definition) is 3. The molecule has 5 nitrogen and oxygen atoms in total. The second-order valence-corrected chi connectivity index (χ2v) is 7.48. The van der Waals surface area contributed by atoms with Gasteiger partial charge in [-0.15, -0.1) is 12.4 Å². The fourth-order valence-electron chi connectivity index (χ4n) is 3.78. The molecule has 3 rings (SSSR count). The van der Waals surface area contributed by atoms with Crippen molar-refractivity contribution < 1.29 is 14.0 Å². The van der Waals surface area contributed by atoms with Gasteiger partial charge in [-0.25, -0.2) is 4.39 Å². The van der Waals surface area contributed by atoms with Crippen molar-refractivity contribution in [3.63, 3.8) is 0 Å². The average Bonchev–Trinajstić information content (AvgIpc) is 3.27. The second-order valence-electron chi connectivity index (χ2n) is 7.48. The molecule has 2 N–H and O–H groups in total. The topological polar surface area (TPSA) is 61.4 Å². The van der Waals surface area contributed by atoms with Crippen LogP contribution in [0.2, 0.25) is 0 Å². The summed E-state index contributed by atoms with van der Waals surface area (Å²) in [5, 5.41) is 6.07. The Morgan fingerprint density at radius 3 is 2.46 bits per heavy atom. The summed E-state index contributed by atoms with van der Waals surface area (Å²) >= 11 is 0. The monoisotopic (exact) mass is 383 g/mol. The number of halogens is 2. The van der Waals surface area contributed by atoms with E-state index < -0.39 is 0 Å². The largest absolute Gasteiger partial charge is 0.331 e. The number of benzene rings is 1. The van der Waals surface area contributed by atoms with Crippen LogP contribution in [0.1, 0.15) is 33.1 Å². The molecule has 2 amide bonds. The molecule has 1 heterocycles. The molecule has 144 valence electrons. The summed E-state index contributed by atoms with van der Waals surface area (Å²) in [5.74, 6) is -0.464. The zero-order chi connectivity index (χ0) is 18.0. The maximum Gasteiger partial charge on any atom is 0.244 e. The standard InChI is InChI=1S/C19H26FN3O2.ClH/c1-13(2)23(12-17(24)22-15-5-3-14(20)4-6-15)18(25)16-11-19(16)7-9-21-10-8-19;/h3-6,13,16,21H,7-12H2,1-2H3,(H,22,24);1H. The van der Waals surface area contributed by atoms with E-state index in [4.69, 9.17) is 0 Å². The Morgan fingerprint density at radius 2 is 1.88 bits per heavy atom. The lowest BCUT2D eigenvalue weighted by Gasteiger charge is -2.29. The summed E-state index contributed by atoms with van der Waals surface area (Å²) in [6, 6.07) is 5.59. The Hall–Kier alpha value is -1.66. The Kier molecular flexibility index (Phi) is 6.64. The van der Waals surface area contributed by atoms with Crippen molar-refractivity contribution >= 4 is 29.9 Å². The van der Waals surface area contributed by atoms with Crippen LogP contribution in [0, 0.1) is 17.2 Å². The van der Waals surface area contributed by atoms with E-state index in [9.17, 15) is 14.0 Å². The van der Waals surface area contributed by atoms with E-state index in [1.807, 2.05) is 13.8 Å². The fraction of sp³-hybridized carbons (Fsp3) is 0.579. The van der Waals surface area contributed by atoms with Crippen molar-refractivity contribution in [2.45, 2.75) is 39.2 Å². The quantitative estimate of drug-likeness (QED) is 0.821. The number of hydrogen-bond donors (Lipinski definition) is 2. The summed E-state index contributed by atoms with van der Waals surface area (Å²) < 4.78 is 12.9. The SMILES string of the molecule is CC(C)N(CC(=O)Nc1ccc(F)cc1)C(=O)C1CC12CCNCC2.Cl. The zero-order valence-corrected chi connectivity index (χ0v) is 16.1. The maximum atomic E-state index is 12.9. The van der Waals surface area contributed by atoms with Crippen LogP contribution < -0.4 is 10.6 Å². The normalized spacial score (nSPS) is 20.4. The predicted octanol–water partition coefficient (Wildman–Crippen LogP) is 2.81. The summed E-state index contributed by atoms with van der Waals surface area (Å²) in [5.41, 5.74) is 0.687. The van der Waals surface area contributed by atoms with Crippen LogP contribution >= 0.6 is 12.4 Å². The lowest BCUT2D eigenvalue weighted by molar-refractivity contribution is -0.138. The van der Waals surface area contributed by atoms with Gasteiger partial charge >= 0.3 is 0 Å². The van der Waals surface area contributed by atoms with Crippen LogP contribution in [0.15, 0.2) is 24.3 Å². The molecule has 1 atom stereocenters. The van der Waals surface area contributed by atoms with Crippen LogP contribution in [0.3, 0.4) is 0 Å². The van der Waals surface area contributed by atoms with Gasteiger partial charge in [0.25, 0.3) is 0 Å². The Morgan fingerprint density at radius 1 is 1.27 bits per heavy atom. The van der Waals surface area contributed by atoms with Crippen molar-refractivity contribution in [2.24, 2.45) is 11.3 Å². The number of carbonyl (C=O) groups excluding carboxylic acids is 2. The van der Waals surface area contributed by atoms with Gasteiger partial charge in [0.1, 0.15) is 12.4 Å². The van der Waals surface area contributed by atoms with E-state index >= 15 is 0 Å². The van der Waals surface area contributed by atoms with Crippen molar-refractivity contribution in [1.82, 2.24) is 10.2 Å². The van der Waals surface area contributed by atoms with E-state index in [2.05, 4.69) is 10.6 Å². The highest BCUT2D eigenvalue weighted by Gasteiger charge is 2.58. The minimum Gasteiger partial charge on any atom is -0.331 e. The van der Waals surface area contributed by atoms with Crippen LogP contribution in [0.25, 0.3) is 0 Å². The fourth-order valence-corrected chi connectivity index (χ4v) is 3.78. The van der Waals surface area contributed by atoms with E-state index in [1.54, 1.807) is 4.90 Å². The van der Waals surface area contributed by atoms with Crippen molar-refractivity contribution in [3.8, 4) is 0 Å². The van der Waals surface area contributed by atoms with Crippen molar-refractivity contribution in [1.29, 1.82) is 0 Å². The highest BCUT2D eigenvalue weighted by Crippen LogP contribution is 2.59. The van der Waals surface area contributed by atoms with Crippen LogP contribution in [0.5, 0.6) is 0 Å². The zero-order valence-electron chi connectivity index (χ0n) is 15.3. The molecule has 1 aromatic rings. The molecular formula is C19H27ClFN3O2. The minimum atomic E-state index is -0.349. The van der Waals surface area contributed by atoms with Gasteiger partial charge in [0.2, 0.25) is 11.8 Å². The van der Waals surface area contributed by atoms with Gasteiger partial charge < -0.3 is 15.5 Å². The van der Waals surface area contributed by atoms with Crippen molar-refractivity contribution in [2.75, 3.05) is 25.0 Å². The van der Waals surface area contributed by atoms with Crippen molar-refractivity contribution in [3.05, 3.63) is 30.1 Å². The Balaban J connectivity index is 0.00000243. The van der Waals surface area contributed by atoms with Crippen LogP contribution in [-0.2, 0) is 9.59 Å². The Bertz CT molecular complexity index is 645. The summed E-state index contributed by atoms with van der Waals surface area (Å²) in [4.78, 5) is 26.9. The van der Waals surface area contributed by atoms with Gasteiger partial charge in [0, 0.05) is 17.6 Å². The minimum absolute atomic E-state index is 0. The number of anilines is 1. The summed E-state index contributed by atoms with van der Waals surface area (Å²) in [6.07, 6.45) is 3.02. The number of nitrogens with zero attached hydrogens (tertiary/aromatic N) is 1. The van der Waals surface area contributed by atoms with Gasteiger partial charge in [0.05, 0.1) is 0 Å². The molecule has 0 aromatic heterocycles. The lowest BCUT2D eigenvalue weighted by atomic mass is 9.91. The first-order valence-electron chi connectivity index (χ1n) is 8.98. The molecule has 0 radical (unpaired) electrons. The molecule has 2 aliphatic rings. The highest BCUT2D eigenvalue weighted by molar-refractivity contribution is 5.95. The van der Waals surface area contributed by atoms with Gasteiger partial charge in [-0.3, -0.25) is 9.59 Å². The van der Waals surface area contributed by atoms with E-state index in [-0.39, 0.29) is 54.0 Å². The van der Waals surface area contributed by atoms with Crippen LogP contribution in [-0.4, -0.2) is 42.4 Å². The molecule has 1 aliphatic heterocycles. The van der Waals surface area contributed by atoms with E-state index in [0.29, 0.717) is 5.69 Å². The summed E-state index contributed by atoms with van der Waals surface area (Å²) in [6.45, 7) is 5.83. The molecule has 1 saturated heterocycles. The highest BCUT2D eigenvalue weighted by atomic mass is 35.5. The molecule has 1 aromatic carbocycles. The summed E-state index contributed by atoms with van der Waals surface area (Å²) in [7, 11) is 0. The Labute approximate surface area is 160 Å². The first-order valence-corrected chi connectivity index (χ1v) is 8.98. The van der Waals surface area contributed by atoms with Gasteiger partial charge in [0.15, 0.2) is 0 Å². The molecule has 2 fully saturated rings. The average molecular weight is 384 g/mol. The number of rotatable bonds is 5. The van der Waals surface area contributed by atoms with E-state index in [0.717, 1.165) is 32.4 Å². The second kappa shape index (κ2) is 8.35. The molecule has 7 heteroatoms. The molecule has 1 aliphatic carbocycles. The first-order chi connectivity index (χ1) is 11.9. The third-order valence-corrected chi connectivity index (χ3v) is 5.44. The smallest absolute Gasteiger partial charge is 0.244 e.